The molecule has 0 saturated carbocycles. The number of aliphatic hydroxyl groups is 1. The van der Waals surface area contributed by atoms with Crippen LogP contribution in [0.2, 0.25) is 0 Å². The van der Waals surface area contributed by atoms with Crippen LogP contribution in [0, 0.1) is 6.92 Å². The fourth-order valence-corrected chi connectivity index (χ4v) is 3.03. The van der Waals surface area contributed by atoms with E-state index in [0.717, 1.165) is 24.0 Å². The number of nitrogens with two attached hydrogens (primary N) is 1. The Morgan fingerprint density at radius 2 is 1.60 bits per heavy atom. The number of hydrogen-bond acceptors (Lipinski definition) is 2. The van der Waals surface area contributed by atoms with Crippen LogP contribution in [0.3, 0.4) is 0 Å². The van der Waals surface area contributed by atoms with Crippen molar-refractivity contribution in [2.24, 2.45) is 5.73 Å². The number of benzene rings is 1. The minimum Gasteiger partial charge on any atom is -0.389 e. The van der Waals surface area contributed by atoms with E-state index in [-0.39, 0.29) is 0 Å². The van der Waals surface area contributed by atoms with E-state index < -0.39 is 6.10 Å². The Balaban J connectivity index is 3.69. The molecule has 1 rings (SSSR count). The SMILES string of the molecule is [CH2]CCc1c(C(C)C)cc(C(C)C)c(C(C)O)c1CN. The van der Waals surface area contributed by atoms with Gasteiger partial charge in [-0.25, -0.2) is 0 Å². The van der Waals surface area contributed by atoms with Crippen molar-refractivity contribution in [3.63, 3.8) is 0 Å². The summed E-state index contributed by atoms with van der Waals surface area (Å²) in [5, 5.41) is 10.2. The summed E-state index contributed by atoms with van der Waals surface area (Å²) < 4.78 is 0. The summed E-state index contributed by atoms with van der Waals surface area (Å²) in [7, 11) is 0. The molecule has 0 fully saturated rings. The molecule has 1 unspecified atom stereocenters. The molecule has 2 heteroatoms. The second-order valence-electron chi connectivity index (χ2n) is 6.22. The largest absolute Gasteiger partial charge is 0.389 e. The first-order valence-electron chi connectivity index (χ1n) is 7.70. The second-order valence-corrected chi connectivity index (χ2v) is 6.22. The lowest BCUT2D eigenvalue weighted by Crippen LogP contribution is -2.15. The zero-order valence-electron chi connectivity index (χ0n) is 13.7. The van der Waals surface area contributed by atoms with Crippen LogP contribution in [0.25, 0.3) is 0 Å². The third-order valence-corrected chi connectivity index (χ3v) is 3.95. The standard InChI is InChI=1S/C18H30NO/c1-7-8-14-15(11(2)3)9-16(12(4)5)18(13(6)20)17(14)10-19/h9,11-13,20H,1,7-8,10,19H2,2-6H3. The topological polar surface area (TPSA) is 46.2 Å². The first-order valence-corrected chi connectivity index (χ1v) is 7.70. The van der Waals surface area contributed by atoms with Gasteiger partial charge in [0.05, 0.1) is 6.10 Å². The second kappa shape index (κ2) is 7.24. The van der Waals surface area contributed by atoms with Crippen molar-refractivity contribution in [1.82, 2.24) is 0 Å². The number of aliphatic hydroxyl groups excluding tert-OH is 1. The maximum absolute atomic E-state index is 10.2. The summed E-state index contributed by atoms with van der Waals surface area (Å²) in [6, 6.07) is 2.28. The van der Waals surface area contributed by atoms with Gasteiger partial charge in [0.25, 0.3) is 0 Å². The van der Waals surface area contributed by atoms with Crippen LogP contribution >= 0.6 is 0 Å². The van der Waals surface area contributed by atoms with Crippen molar-refractivity contribution in [2.45, 2.75) is 71.9 Å². The van der Waals surface area contributed by atoms with Gasteiger partial charge < -0.3 is 10.8 Å². The Hall–Kier alpha value is -0.860. The van der Waals surface area contributed by atoms with E-state index in [1.54, 1.807) is 0 Å². The minimum atomic E-state index is -0.476. The highest BCUT2D eigenvalue weighted by atomic mass is 16.3. The quantitative estimate of drug-likeness (QED) is 0.817. The predicted octanol–water partition coefficient (Wildman–Crippen LogP) is 4.21. The van der Waals surface area contributed by atoms with Gasteiger partial charge in [-0.05, 0) is 59.4 Å². The Morgan fingerprint density at radius 3 is 1.95 bits per heavy atom. The fraction of sp³-hybridized carbons (Fsp3) is 0.611. The van der Waals surface area contributed by atoms with Gasteiger partial charge in [0.2, 0.25) is 0 Å². The first kappa shape index (κ1) is 17.2. The van der Waals surface area contributed by atoms with E-state index in [2.05, 4.69) is 40.7 Å². The molecule has 0 aliphatic heterocycles. The molecule has 1 aromatic carbocycles. The molecular formula is C18H30NO. The predicted molar refractivity (Wildman–Crippen MR) is 86.8 cm³/mol. The lowest BCUT2D eigenvalue weighted by Gasteiger charge is -2.26. The molecule has 2 nitrogen and oxygen atoms in total. The van der Waals surface area contributed by atoms with Gasteiger partial charge in [0.1, 0.15) is 0 Å². The van der Waals surface area contributed by atoms with Crippen LogP contribution in [0.4, 0.5) is 0 Å². The molecule has 0 aromatic heterocycles. The van der Waals surface area contributed by atoms with Crippen molar-refractivity contribution in [3.8, 4) is 0 Å². The van der Waals surface area contributed by atoms with Crippen LogP contribution in [-0.2, 0) is 13.0 Å². The highest BCUT2D eigenvalue weighted by molar-refractivity contribution is 5.49. The summed E-state index contributed by atoms with van der Waals surface area (Å²) in [5.41, 5.74) is 12.1. The van der Waals surface area contributed by atoms with Gasteiger partial charge in [-0.1, -0.05) is 40.7 Å². The van der Waals surface area contributed by atoms with Crippen molar-refractivity contribution in [2.75, 3.05) is 0 Å². The molecule has 1 radical (unpaired) electrons. The van der Waals surface area contributed by atoms with Crippen LogP contribution in [-0.4, -0.2) is 5.11 Å². The van der Waals surface area contributed by atoms with Crippen molar-refractivity contribution in [1.29, 1.82) is 0 Å². The number of hydrogen-bond donors (Lipinski definition) is 2. The van der Waals surface area contributed by atoms with Gasteiger partial charge in [-0.15, -0.1) is 0 Å². The highest BCUT2D eigenvalue weighted by Crippen LogP contribution is 2.36. The van der Waals surface area contributed by atoms with Crippen LogP contribution < -0.4 is 5.73 Å². The third kappa shape index (κ3) is 3.42. The van der Waals surface area contributed by atoms with E-state index in [0.29, 0.717) is 18.4 Å². The molecule has 0 spiro atoms. The summed E-state index contributed by atoms with van der Waals surface area (Å²) in [6.07, 6.45) is 1.31. The van der Waals surface area contributed by atoms with Crippen molar-refractivity contribution >= 4 is 0 Å². The van der Waals surface area contributed by atoms with Gasteiger partial charge in [-0.3, -0.25) is 0 Å². The third-order valence-electron chi connectivity index (χ3n) is 3.95. The van der Waals surface area contributed by atoms with Gasteiger partial charge >= 0.3 is 0 Å². The Morgan fingerprint density at radius 1 is 1.05 bits per heavy atom. The molecule has 0 amide bonds. The van der Waals surface area contributed by atoms with E-state index in [9.17, 15) is 5.11 Å². The summed E-state index contributed by atoms with van der Waals surface area (Å²) in [4.78, 5) is 0. The van der Waals surface area contributed by atoms with Crippen molar-refractivity contribution in [3.05, 3.63) is 40.8 Å². The molecule has 0 aliphatic carbocycles. The molecule has 1 aromatic rings. The molecule has 0 heterocycles. The van der Waals surface area contributed by atoms with Crippen LogP contribution in [0.5, 0.6) is 0 Å². The zero-order chi connectivity index (χ0) is 15.4. The summed E-state index contributed by atoms with van der Waals surface area (Å²) in [5.74, 6) is 0.846. The number of rotatable bonds is 6. The fourth-order valence-electron chi connectivity index (χ4n) is 3.03. The molecule has 113 valence electrons. The van der Waals surface area contributed by atoms with E-state index in [1.165, 1.54) is 16.7 Å². The van der Waals surface area contributed by atoms with Gasteiger partial charge in [0.15, 0.2) is 0 Å². The average molecular weight is 276 g/mol. The van der Waals surface area contributed by atoms with Gasteiger partial charge in [-0.2, -0.15) is 0 Å². The smallest absolute Gasteiger partial charge is 0.0767 e. The van der Waals surface area contributed by atoms with E-state index in [1.807, 2.05) is 6.92 Å². The van der Waals surface area contributed by atoms with E-state index in [4.69, 9.17) is 5.73 Å². The monoisotopic (exact) mass is 276 g/mol. The van der Waals surface area contributed by atoms with Crippen molar-refractivity contribution < 1.29 is 5.11 Å². The normalized spacial score (nSPS) is 13.3. The zero-order valence-corrected chi connectivity index (χ0v) is 13.7. The average Bonchev–Trinajstić information content (AvgIpc) is 2.37. The molecule has 3 N–H and O–H groups in total. The summed E-state index contributed by atoms with van der Waals surface area (Å²) >= 11 is 0. The maximum atomic E-state index is 10.2. The molecule has 0 aliphatic rings. The minimum absolute atomic E-state index is 0.385. The van der Waals surface area contributed by atoms with Crippen LogP contribution in [0.1, 0.15) is 86.8 Å². The van der Waals surface area contributed by atoms with E-state index >= 15 is 0 Å². The lowest BCUT2D eigenvalue weighted by molar-refractivity contribution is 0.196. The van der Waals surface area contributed by atoms with Gasteiger partial charge in [0, 0.05) is 6.54 Å². The highest BCUT2D eigenvalue weighted by Gasteiger charge is 2.22. The molecular weight excluding hydrogens is 246 g/mol. The maximum Gasteiger partial charge on any atom is 0.0767 e. The Kier molecular flexibility index (Phi) is 6.22. The summed E-state index contributed by atoms with van der Waals surface area (Å²) in [6.45, 7) is 15.1. The van der Waals surface area contributed by atoms with Crippen LogP contribution in [0.15, 0.2) is 6.07 Å². The lowest BCUT2D eigenvalue weighted by atomic mass is 9.81. The Labute approximate surface area is 124 Å². The molecule has 1 atom stereocenters. The first-order chi connectivity index (χ1) is 9.34. The molecule has 0 bridgehead atoms. The molecule has 0 saturated heterocycles. The Bertz CT molecular complexity index is 447. The molecule has 20 heavy (non-hydrogen) atoms.